The monoisotopic (exact) mass is 880 g/mol. The fourth-order valence-electron chi connectivity index (χ4n) is 12.5. The first-order chi connectivity index (χ1) is 29.4. The van der Waals surface area contributed by atoms with Crippen LogP contribution in [0.2, 0.25) is 0 Å². The molecule has 8 rings (SSSR count). The maximum atomic E-state index is 14.2. The van der Waals surface area contributed by atoms with Crippen LogP contribution in [0.4, 0.5) is 0 Å². The Morgan fingerprint density at radius 3 is 2.44 bits per heavy atom. The van der Waals surface area contributed by atoms with Crippen molar-refractivity contribution in [3.05, 3.63) is 47.3 Å². The highest BCUT2D eigenvalue weighted by molar-refractivity contribution is 8.77. The van der Waals surface area contributed by atoms with Crippen molar-refractivity contribution in [3.63, 3.8) is 0 Å². The Morgan fingerprint density at radius 2 is 1.69 bits per heavy atom. The molecule has 8 aliphatic rings. The maximum absolute atomic E-state index is 14.2. The van der Waals surface area contributed by atoms with Gasteiger partial charge in [-0.15, -0.1) is 6.58 Å². The van der Waals surface area contributed by atoms with Crippen molar-refractivity contribution < 1.29 is 28.5 Å². The molecule has 1 saturated carbocycles. The van der Waals surface area contributed by atoms with Crippen LogP contribution in [0, 0.1) is 29.6 Å². The lowest BCUT2D eigenvalue weighted by molar-refractivity contribution is -0.147. The molecule has 2 unspecified atom stereocenters. The van der Waals surface area contributed by atoms with Crippen molar-refractivity contribution in [2.24, 2.45) is 34.6 Å². The minimum atomic E-state index is -0.246. The van der Waals surface area contributed by atoms with Gasteiger partial charge in [-0.25, -0.2) is 0 Å². The van der Waals surface area contributed by atoms with E-state index in [4.69, 9.17) is 23.9 Å². The molecule has 1 N–H and O–H groups in total. The molecule has 61 heavy (non-hydrogen) atoms. The average Bonchev–Trinajstić information content (AvgIpc) is 3.74. The summed E-state index contributed by atoms with van der Waals surface area (Å²) in [5, 5.41) is 3.93. The van der Waals surface area contributed by atoms with E-state index in [1.54, 1.807) is 14.2 Å². The van der Waals surface area contributed by atoms with E-state index in [-0.39, 0.29) is 64.8 Å². The maximum Gasteiger partial charge on any atom is 0.229 e. The van der Waals surface area contributed by atoms with Gasteiger partial charge in [-0.1, -0.05) is 46.6 Å². The number of aliphatic imine (C=N–C) groups is 1. The average molecular weight is 880 g/mol. The second-order valence-electron chi connectivity index (χ2n) is 20.0. The topological polar surface area (TPSA) is 105 Å². The van der Waals surface area contributed by atoms with E-state index < -0.39 is 0 Å². The molecule has 4 aliphatic heterocycles. The largest absolute Gasteiger partial charge is 0.498 e. The van der Waals surface area contributed by atoms with Crippen molar-refractivity contribution in [1.29, 1.82) is 0 Å². The highest BCUT2D eigenvalue weighted by Crippen LogP contribution is 2.46. The fraction of sp³-hybridized carbons (Fsp3) is 0.771. The zero-order chi connectivity index (χ0) is 43.0. The van der Waals surface area contributed by atoms with E-state index in [1.807, 2.05) is 27.7 Å². The van der Waals surface area contributed by atoms with E-state index in [2.05, 4.69) is 73.0 Å². The molecule has 0 bridgehead atoms. The Kier molecular flexibility index (Phi) is 14.2. The van der Waals surface area contributed by atoms with Gasteiger partial charge >= 0.3 is 0 Å². The SMILES string of the molecule is C=CCCC1C[C@H]2C=N[C@@H]3CC(OCC4=C[C@H](N(C)CC(C)(C)SSC)C[C@H](COC5=C(OC)C[C@H]6C(=O)N7C8CCCC[C@H]8C[C@H]7N[C@H]6C5)C4)=C(OC)C[C@@H]3C(=O)N2[C@@H]1C. The molecule has 2 amide bonds. The molecule has 0 aromatic heterocycles. The van der Waals surface area contributed by atoms with Crippen molar-refractivity contribution in [2.75, 3.05) is 47.3 Å². The van der Waals surface area contributed by atoms with Gasteiger partial charge in [-0.2, -0.15) is 0 Å². The van der Waals surface area contributed by atoms with Crippen molar-refractivity contribution in [1.82, 2.24) is 20.0 Å². The molecule has 0 radical (unpaired) electrons. The Bertz CT molecular complexity index is 1770. The van der Waals surface area contributed by atoms with Crippen LogP contribution in [0.3, 0.4) is 0 Å². The molecule has 4 aliphatic carbocycles. The van der Waals surface area contributed by atoms with Gasteiger partial charge in [0.15, 0.2) is 0 Å². The number of hydrogen-bond donors (Lipinski definition) is 1. The van der Waals surface area contributed by atoms with E-state index in [9.17, 15) is 9.59 Å². The number of hydrogen-bond acceptors (Lipinski definition) is 11. The van der Waals surface area contributed by atoms with Crippen LogP contribution >= 0.6 is 21.6 Å². The summed E-state index contributed by atoms with van der Waals surface area (Å²) in [5.41, 5.74) is 1.25. The predicted octanol–water partition coefficient (Wildman–Crippen LogP) is 8.10. The number of amides is 2. The number of allylic oxidation sites excluding steroid dienone is 3. The van der Waals surface area contributed by atoms with Gasteiger partial charge in [-0.3, -0.25) is 24.8 Å². The second-order valence-corrected chi connectivity index (χ2v) is 23.1. The van der Waals surface area contributed by atoms with Gasteiger partial charge in [0.2, 0.25) is 11.8 Å². The molecule has 4 fully saturated rings. The van der Waals surface area contributed by atoms with Crippen molar-refractivity contribution in [3.8, 4) is 0 Å². The molecular weight excluding hydrogens is 807 g/mol. The van der Waals surface area contributed by atoms with Crippen LogP contribution in [-0.4, -0.2) is 127 Å². The molecule has 4 heterocycles. The summed E-state index contributed by atoms with van der Waals surface area (Å²) in [4.78, 5) is 40.2. The van der Waals surface area contributed by atoms with Gasteiger partial charge in [0.1, 0.15) is 29.6 Å². The standard InChI is InChI=1S/C48H73N5O6S2/c1-9-10-13-32-19-35-25-49-38-23-43(41(56-6)21-36(38)46(54)52(35)29(32)2)58-26-30-16-31(18-34(17-30)51(5)28-48(3,4)61-60-8)27-59-44-24-39-37(22-42(44)57-7)47(55)53-40-15-12-11-14-33(40)20-45(53)50-39/h9,17,25,29,31-40,45,50H,1,10-16,18-24,26-28H2,2-8H3/t29-,31-,32?,33+,34+,35+,36+,37-,38-,39+,40?,45+/m1/s1. The summed E-state index contributed by atoms with van der Waals surface area (Å²) in [5.74, 6) is 4.82. The minimum Gasteiger partial charge on any atom is -0.498 e. The third-order valence-electron chi connectivity index (χ3n) is 15.5. The third-order valence-corrected chi connectivity index (χ3v) is 18.1. The molecule has 338 valence electrons. The molecule has 0 spiro atoms. The number of carbonyl (C=O) groups excluding carboxylic acids is 2. The first kappa shape index (κ1) is 45.0. The van der Waals surface area contributed by atoms with Crippen LogP contribution in [0.1, 0.15) is 111 Å². The summed E-state index contributed by atoms with van der Waals surface area (Å²) in [6.45, 7) is 12.7. The first-order valence-electron chi connectivity index (χ1n) is 23.4. The number of carbonyl (C=O) groups is 2. The number of ether oxygens (including phenoxy) is 4. The number of fused-ring (bicyclic) bond motifs is 6. The lowest BCUT2D eigenvalue weighted by Crippen LogP contribution is -2.63. The highest BCUT2D eigenvalue weighted by atomic mass is 33.1. The summed E-state index contributed by atoms with van der Waals surface area (Å²) in [7, 11) is 9.42. The summed E-state index contributed by atoms with van der Waals surface area (Å²) < 4.78 is 25.6. The van der Waals surface area contributed by atoms with Crippen LogP contribution in [0.25, 0.3) is 0 Å². The van der Waals surface area contributed by atoms with Crippen molar-refractivity contribution >= 4 is 39.6 Å². The molecule has 0 aromatic carbocycles. The third kappa shape index (κ3) is 9.47. The minimum absolute atomic E-state index is 0.0484. The van der Waals surface area contributed by atoms with E-state index >= 15 is 0 Å². The number of rotatable bonds is 16. The van der Waals surface area contributed by atoms with Crippen molar-refractivity contribution in [2.45, 2.75) is 158 Å². The molecule has 12 atom stereocenters. The Morgan fingerprint density at radius 1 is 0.951 bits per heavy atom. The van der Waals surface area contributed by atoms with E-state index in [0.717, 1.165) is 74.5 Å². The highest BCUT2D eigenvalue weighted by Gasteiger charge is 2.53. The molecular formula is C48H73N5O6S2. The quantitative estimate of drug-likeness (QED) is 0.121. The lowest BCUT2D eigenvalue weighted by atomic mass is 9.82. The van der Waals surface area contributed by atoms with Crippen LogP contribution in [0.15, 0.2) is 52.3 Å². The number of likely N-dealkylation sites (N-methyl/N-ethyl adjacent to an activating group) is 1. The molecule has 0 aromatic rings. The predicted molar refractivity (Wildman–Crippen MR) is 246 cm³/mol. The summed E-state index contributed by atoms with van der Waals surface area (Å²) >= 11 is 0. The zero-order valence-corrected chi connectivity index (χ0v) is 39.6. The Hall–Kier alpha value is -2.61. The van der Waals surface area contributed by atoms with E-state index in [1.165, 1.54) is 24.8 Å². The summed E-state index contributed by atoms with van der Waals surface area (Å²) in [6, 6.07) is 0.765. The summed E-state index contributed by atoms with van der Waals surface area (Å²) in [6.07, 6.45) is 21.9. The van der Waals surface area contributed by atoms with Crippen LogP contribution in [-0.2, 0) is 28.5 Å². The Labute approximate surface area is 373 Å². The van der Waals surface area contributed by atoms with Crippen LogP contribution in [0.5, 0.6) is 0 Å². The van der Waals surface area contributed by atoms with Gasteiger partial charge in [0, 0.05) is 67.4 Å². The van der Waals surface area contributed by atoms with Gasteiger partial charge in [0.25, 0.3) is 0 Å². The number of methoxy groups -OCH3 is 2. The normalized spacial score (nSPS) is 36.2. The van der Waals surface area contributed by atoms with E-state index in [0.29, 0.717) is 62.7 Å². The number of nitrogens with zero attached hydrogens (tertiary/aromatic N) is 4. The van der Waals surface area contributed by atoms with Gasteiger partial charge in [0.05, 0.1) is 50.9 Å². The van der Waals surface area contributed by atoms with Gasteiger partial charge < -0.3 is 28.7 Å². The lowest BCUT2D eigenvalue weighted by Gasteiger charge is -2.46. The first-order valence-corrected chi connectivity index (χ1v) is 25.9. The zero-order valence-electron chi connectivity index (χ0n) is 37.9. The molecule has 13 heteroatoms. The smallest absolute Gasteiger partial charge is 0.229 e. The molecule has 3 saturated heterocycles. The fourth-order valence-corrected chi connectivity index (χ4v) is 14.8. The Balaban J connectivity index is 0.947. The second kappa shape index (κ2) is 19.2. The van der Waals surface area contributed by atoms with Gasteiger partial charge in [-0.05, 0) is 109 Å². The molecule has 11 nitrogen and oxygen atoms in total. The number of nitrogens with one attached hydrogen (secondary N) is 1. The van der Waals surface area contributed by atoms with Crippen LogP contribution < -0.4 is 5.32 Å².